The molecular formula is C18H27N3O4. The lowest BCUT2D eigenvalue weighted by atomic mass is 10.2. The quantitative estimate of drug-likeness (QED) is 0.800. The highest BCUT2D eigenvalue weighted by Gasteiger charge is 2.24. The van der Waals surface area contributed by atoms with Crippen LogP contribution in [-0.2, 0) is 4.74 Å². The van der Waals surface area contributed by atoms with Crippen molar-refractivity contribution in [2.45, 2.75) is 20.3 Å². The number of amides is 3. The van der Waals surface area contributed by atoms with Crippen LogP contribution < -0.4 is 10.1 Å². The zero-order valence-electron chi connectivity index (χ0n) is 15.0. The smallest absolute Gasteiger partial charge is 0.409 e. The lowest BCUT2D eigenvalue weighted by Gasteiger charge is -2.34. The number of rotatable bonds is 6. The van der Waals surface area contributed by atoms with Gasteiger partial charge in [0, 0.05) is 32.7 Å². The maximum atomic E-state index is 12.1. The molecule has 3 amide bonds. The van der Waals surface area contributed by atoms with Gasteiger partial charge >= 0.3 is 12.1 Å². The number of carbonyl (C=O) groups excluding carboxylic acids is 2. The molecule has 1 heterocycles. The van der Waals surface area contributed by atoms with Gasteiger partial charge in [-0.25, -0.2) is 9.59 Å². The molecule has 0 atom stereocenters. The van der Waals surface area contributed by atoms with Crippen molar-refractivity contribution in [3.05, 3.63) is 29.8 Å². The van der Waals surface area contributed by atoms with Gasteiger partial charge < -0.3 is 24.6 Å². The molecule has 2 rings (SSSR count). The van der Waals surface area contributed by atoms with E-state index in [2.05, 4.69) is 5.32 Å². The summed E-state index contributed by atoms with van der Waals surface area (Å²) < 4.78 is 10.6. The first-order valence-electron chi connectivity index (χ1n) is 8.74. The number of ether oxygens (including phenoxy) is 2. The van der Waals surface area contributed by atoms with Crippen molar-refractivity contribution in [3.63, 3.8) is 0 Å². The van der Waals surface area contributed by atoms with Gasteiger partial charge in [-0.3, -0.25) is 0 Å². The zero-order chi connectivity index (χ0) is 18.1. The second kappa shape index (κ2) is 9.76. The van der Waals surface area contributed by atoms with Crippen LogP contribution in [0.3, 0.4) is 0 Å². The van der Waals surface area contributed by atoms with Gasteiger partial charge in [0.05, 0.1) is 13.2 Å². The first-order chi connectivity index (χ1) is 12.1. The molecule has 1 aromatic rings. The fourth-order valence-electron chi connectivity index (χ4n) is 2.51. The van der Waals surface area contributed by atoms with E-state index in [1.165, 1.54) is 5.56 Å². The summed E-state index contributed by atoms with van der Waals surface area (Å²) >= 11 is 0. The summed E-state index contributed by atoms with van der Waals surface area (Å²) in [6.45, 7) is 7.34. The van der Waals surface area contributed by atoms with Gasteiger partial charge in [0.25, 0.3) is 0 Å². The van der Waals surface area contributed by atoms with Crippen molar-refractivity contribution in [3.8, 4) is 5.75 Å². The number of benzene rings is 1. The SMILES string of the molecule is CCOC(=O)N1CCN(C(=O)NCCCOc2ccc(C)cc2)CC1. The van der Waals surface area contributed by atoms with E-state index in [0.717, 1.165) is 12.2 Å². The maximum absolute atomic E-state index is 12.1. The molecule has 7 nitrogen and oxygen atoms in total. The van der Waals surface area contributed by atoms with Crippen LogP contribution in [0.4, 0.5) is 9.59 Å². The van der Waals surface area contributed by atoms with Crippen molar-refractivity contribution in [2.75, 3.05) is 45.9 Å². The molecule has 138 valence electrons. The number of nitrogens with one attached hydrogen (secondary N) is 1. The van der Waals surface area contributed by atoms with E-state index in [4.69, 9.17) is 9.47 Å². The molecule has 1 fully saturated rings. The predicted octanol–water partition coefficient (Wildman–Crippen LogP) is 2.25. The molecule has 1 N–H and O–H groups in total. The van der Waals surface area contributed by atoms with Gasteiger partial charge in [0.2, 0.25) is 0 Å². The Labute approximate surface area is 148 Å². The third-order valence-electron chi connectivity index (χ3n) is 3.98. The molecule has 1 aliphatic heterocycles. The van der Waals surface area contributed by atoms with Gasteiger partial charge in [-0.05, 0) is 32.4 Å². The summed E-state index contributed by atoms with van der Waals surface area (Å²) in [6, 6.07) is 7.80. The molecule has 0 bridgehead atoms. The standard InChI is InChI=1S/C18H27N3O4/c1-3-24-18(23)21-12-10-20(11-13-21)17(22)19-9-4-14-25-16-7-5-15(2)6-8-16/h5-8H,3-4,9-14H2,1-2H3,(H,19,22). The van der Waals surface area contributed by atoms with Gasteiger partial charge in [-0.2, -0.15) is 0 Å². The van der Waals surface area contributed by atoms with Gasteiger partial charge in [-0.15, -0.1) is 0 Å². The Morgan fingerprint density at radius 1 is 1.08 bits per heavy atom. The Balaban J connectivity index is 1.58. The highest BCUT2D eigenvalue weighted by Crippen LogP contribution is 2.11. The van der Waals surface area contributed by atoms with Crippen molar-refractivity contribution >= 4 is 12.1 Å². The van der Waals surface area contributed by atoms with Gasteiger partial charge in [-0.1, -0.05) is 17.7 Å². The van der Waals surface area contributed by atoms with E-state index >= 15 is 0 Å². The minimum Gasteiger partial charge on any atom is -0.494 e. The predicted molar refractivity (Wildman–Crippen MR) is 94.9 cm³/mol. The maximum Gasteiger partial charge on any atom is 0.409 e. The fraction of sp³-hybridized carbons (Fsp3) is 0.556. The summed E-state index contributed by atoms with van der Waals surface area (Å²) in [5.74, 6) is 0.840. The van der Waals surface area contributed by atoms with Crippen LogP contribution in [0.2, 0.25) is 0 Å². The minimum absolute atomic E-state index is 0.0983. The second-order valence-electron chi connectivity index (χ2n) is 5.92. The Hall–Kier alpha value is -2.44. The third-order valence-corrected chi connectivity index (χ3v) is 3.98. The van der Waals surface area contributed by atoms with E-state index < -0.39 is 0 Å². The lowest BCUT2D eigenvalue weighted by molar-refractivity contribution is 0.0851. The number of aryl methyl sites for hydroxylation is 1. The van der Waals surface area contributed by atoms with Crippen LogP contribution in [-0.4, -0.2) is 67.9 Å². The van der Waals surface area contributed by atoms with Crippen LogP contribution in [0.15, 0.2) is 24.3 Å². The van der Waals surface area contributed by atoms with E-state index in [0.29, 0.717) is 45.9 Å². The summed E-state index contributed by atoms with van der Waals surface area (Å²) in [4.78, 5) is 27.1. The molecular weight excluding hydrogens is 322 g/mol. The van der Waals surface area contributed by atoms with E-state index in [-0.39, 0.29) is 12.1 Å². The number of carbonyl (C=O) groups is 2. The van der Waals surface area contributed by atoms with Gasteiger partial charge in [0.15, 0.2) is 0 Å². The topological polar surface area (TPSA) is 71.1 Å². The van der Waals surface area contributed by atoms with E-state index in [1.54, 1.807) is 16.7 Å². The summed E-state index contributed by atoms with van der Waals surface area (Å²) in [6.07, 6.45) is 0.429. The largest absolute Gasteiger partial charge is 0.494 e. The second-order valence-corrected chi connectivity index (χ2v) is 5.92. The molecule has 0 saturated carbocycles. The average molecular weight is 349 g/mol. The van der Waals surface area contributed by atoms with Crippen molar-refractivity contribution in [1.29, 1.82) is 0 Å². The van der Waals surface area contributed by atoms with Crippen LogP contribution in [0.25, 0.3) is 0 Å². The van der Waals surface area contributed by atoms with Crippen molar-refractivity contribution < 1.29 is 19.1 Å². The van der Waals surface area contributed by atoms with Crippen LogP contribution in [0.5, 0.6) is 5.75 Å². The first-order valence-corrected chi connectivity index (χ1v) is 8.74. The van der Waals surface area contributed by atoms with Crippen molar-refractivity contribution in [1.82, 2.24) is 15.1 Å². The molecule has 0 aromatic heterocycles. The summed E-state index contributed by atoms with van der Waals surface area (Å²) in [5.41, 5.74) is 1.20. The van der Waals surface area contributed by atoms with E-state index in [1.807, 2.05) is 31.2 Å². The minimum atomic E-state index is -0.309. The molecule has 25 heavy (non-hydrogen) atoms. The molecule has 0 radical (unpaired) electrons. The Kier molecular flexibility index (Phi) is 7.37. The fourth-order valence-corrected chi connectivity index (χ4v) is 2.51. The normalized spacial score (nSPS) is 14.2. The Morgan fingerprint density at radius 2 is 1.72 bits per heavy atom. The zero-order valence-corrected chi connectivity index (χ0v) is 15.0. The third kappa shape index (κ3) is 6.17. The lowest BCUT2D eigenvalue weighted by Crippen LogP contribution is -2.53. The average Bonchev–Trinajstić information content (AvgIpc) is 2.63. The highest BCUT2D eigenvalue weighted by atomic mass is 16.6. The molecule has 0 aliphatic carbocycles. The van der Waals surface area contributed by atoms with Gasteiger partial charge in [0.1, 0.15) is 5.75 Å². The number of nitrogens with zero attached hydrogens (tertiary/aromatic N) is 2. The number of hydrogen-bond donors (Lipinski definition) is 1. The molecule has 0 spiro atoms. The molecule has 1 saturated heterocycles. The van der Waals surface area contributed by atoms with Crippen molar-refractivity contribution in [2.24, 2.45) is 0 Å². The molecule has 7 heteroatoms. The number of urea groups is 1. The Morgan fingerprint density at radius 3 is 2.36 bits per heavy atom. The molecule has 0 unspecified atom stereocenters. The van der Waals surface area contributed by atoms with Crippen LogP contribution in [0, 0.1) is 6.92 Å². The highest BCUT2D eigenvalue weighted by molar-refractivity contribution is 5.75. The molecule has 1 aromatic carbocycles. The van der Waals surface area contributed by atoms with Crippen LogP contribution >= 0.6 is 0 Å². The monoisotopic (exact) mass is 349 g/mol. The number of hydrogen-bond acceptors (Lipinski definition) is 4. The van der Waals surface area contributed by atoms with E-state index in [9.17, 15) is 9.59 Å². The number of piperazine rings is 1. The Bertz CT molecular complexity index is 554. The molecule has 1 aliphatic rings. The summed E-state index contributed by atoms with van der Waals surface area (Å²) in [7, 11) is 0. The first kappa shape index (κ1) is 18.9. The summed E-state index contributed by atoms with van der Waals surface area (Å²) in [5, 5.41) is 2.89. The van der Waals surface area contributed by atoms with Crippen LogP contribution in [0.1, 0.15) is 18.9 Å².